The number of aliphatic imine (C=N–C) groups is 1. The van der Waals surface area contributed by atoms with Crippen LogP contribution in [0, 0.1) is 5.92 Å². The van der Waals surface area contributed by atoms with Crippen LogP contribution in [0.4, 0.5) is 0 Å². The van der Waals surface area contributed by atoms with Crippen molar-refractivity contribution in [3.05, 3.63) is 35.9 Å². The average molecular weight is 409 g/mol. The van der Waals surface area contributed by atoms with Gasteiger partial charge in [-0.05, 0) is 25.3 Å². The quantitative estimate of drug-likeness (QED) is 0.343. The molecule has 1 aromatic rings. The van der Waals surface area contributed by atoms with Gasteiger partial charge in [0.15, 0.2) is 5.96 Å². The lowest BCUT2D eigenvalue weighted by molar-refractivity contribution is -0.127. The number of carbonyl (C=O) groups is 1. The van der Waals surface area contributed by atoms with E-state index in [1.165, 1.54) is 11.8 Å². The van der Waals surface area contributed by atoms with Gasteiger partial charge in [-0.2, -0.15) is 0 Å². The van der Waals surface area contributed by atoms with Crippen molar-refractivity contribution in [3.63, 3.8) is 0 Å². The van der Waals surface area contributed by atoms with Gasteiger partial charge in [-0.3, -0.25) is 9.79 Å². The summed E-state index contributed by atoms with van der Waals surface area (Å²) in [5.41, 5.74) is 1.24. The molecule has 1 aliphatic rings. The number of hydrogen-bond acceptors (Lipinski definition) is 4. The second-order valence-electron chi connectivity index (χ2n) is 7.28. The number of likely N-dealkylation sites (tertiary alicyclic amines) is 1. The zero-order valence-corrected chi connectivity index (χ0v) is 17.7. The smallest absolute Gasteiger partial charge is 0.223 e. The van der Waals surface area contributed by atoms with Crippen LogP contribution < -0.4 is 10.6 Å². The molecule has 8 heteroatoms. The number of sulfone groups is 1. The van der Waals surface area contributed by atoms with Crippen molar-refractivity contribution < 1.29 is 13.2 Å². The highest BCUT2D eigenvalue weighted by Gasteiger charge is 2.28. The van der Waals surface area contributed by atoms with E-state index in [0.29, 0.717) is 31.9 Å². The highest BCUT2D eigenvalue weighted by molar-refractivity contribution is 7.90. The molecular weight excluding hydrogens is 376 g/mol. The highest BCUT2D eigenvalue weighted by Crippen LogP contribution is 2.18. The van der Waals surface area contributed by atoms with Crippen LogP contribution in [-0.2, 0) is 21.1 Å². The van der Waals surface area contributed by atoms with E-state index < -0.39 is 9.84 Å². The lowest BCUT2D eigenvalue weighted by Gasteiger charge is -2.16. The molecule has 28 heavy (non-hydrogen) atoms. The summed E-state index contributed by atoms with van der Waals surface area (Å²) >= 11 is 0. The summed E-state index contributed by atoms with van der Waals surface area (Å²) in [6, 6.07) is 10.2. The zero-order chi connectivity index (χ0) is 20.4. The lowest BCUT2D eigenvalue weighted by atomic mass is 10.1. The molecule has 0 radical (unpaired) electrons. The Morgan fingerprint density at radius 3 is 2.68 bits per heavy atom. The van der Waals surface area contributed by atoms with Gasteiger partial charge in [0.2, 0.25) is 5.91 Å². The normalized spacial score (nSPS) is 17.8. The van der Waals surface area contributed by atoms with Crippen LogP contribution in [0.1, 0.15) is 25.3 Å². The van der Waals surface area contributed by atoms with Crippen LogP contribution in [-0.4, -0.2) is 69.9 Å². The Morgan fingerprint density at radius 2 is 2.00 bits per heavy atom. The Morgan fingerprint density at radius 1 is 1.25 bits per heavy atom. The highest BCUT2D eigenvalue weighted by atomic mass is 32.2. The summed E-state index contributed by atoms with van der Waals surface area (Å²) < 4.78 is 22.4. The molecule has 0 bridgehead atoms. The van der Waals surface area contributed by atoms with E-state index in [2.05, 4.69) is 27.8 Å². The van der Waals surface area contributed by atoms with E-state index in [1.54, 1.807) is 0 Å². The number of nitrogens with one attached hydrogen (secondary N) is 2. The Balaban J connectivity index is 1.77. The monoisotopic (exact) mass is 408 g/mol. The molecule has 0 aromatic heterocycles. The van der Waals surface area contributed by atoms with Crippen molar-refractivity contribution >= 4 is 21.7 Å². The Hall–Kier alpha value is -2.09. The first-order valence-electron chi connectivity index (χ1n) is 9.89. The first kappa shape index (κ1) is 22.2. The molecule has 1 atom stereocenters. The van der Waals surface area contributed by atoms with Gasteiger partial charge in [0.05, 0.1) is 5.75 Å². The SMILES string of the molecule is CCNC(=NCC1CC(=O)N(CCc2ccccc2)C1)NCCCS(C)(=O)=O. The molecule has 1 heterocycles. The van der Waals surface area contributed by atoms with Gasteiger partial charge in [-0.1, -0.05) is 30.3 Å². The molecule has 1 saturated heterocycles. The fraction of sp³-hybridized carbons (Fsp3) is 0.600. The molecule has 1 aromatic carbocycles. The molecule has 156 valence electrons. The molecule has 1 unspecified atom stereocenters. The standard InChI is InChI=1S/C20H32N4O3S/c1-3-21-20(22-11-7-13-28(2,26)27)23-15-18-14-19(25)24(16-18)12-10-17-8-5-4-6-9-17/h4-6,8-9,18H,3,7,10-16H2,1-2H3,(H2,21,22,23). The number of nitrogens with zero attached hydrogens (tertiary/aromatic N) is 2. The van der Waals surface area contributed by atoms with Gasteiger partial charge in [0.1, 0.15) is 9.84 Å². The molecule has 2 N–H and O–H groups in total. The van der Waals surface area contributed by atoms with Crippen LogP contribution in [0.2, 0.25) is 0 Å². The second-order valence-corrected chi connectivity index (χ2v) is 9.54. The van der Waals surface area contributed by atoms with E-state index in [4.69, 9.17) is 0 Å². The third-order valence-corrected chi connectivity index (χ3v) is 5.67. The van der Waals surface area contributed by atoms with Crippen LogP contribution >= 0.6 is 0 Å². The average Bonchev–Trinajstić information content (AvgIpc) is 3.01. The van der Waals surface area contributed by atoms with Crippen LogP contribution in [0.5, 0.6) is 0 Å². The number of rotatable bonds is 10. The first-order chi connectivity index (χ1) is 13.4. The number of hydrogen-bond donors (Lipinski definition) is 2. The number of guanidine groups is 1. The van der Waals surface area contributed by atoms with Gasteiger partial charge < -0.3 is 15.5 Å². The molecule has 2 rings (SSSR count). The predicted molar refractivity (Wildman–Crippen MR) is 113 cm³/mol. The van der Waals surface area contributed by atoms with Crippen LogP contribution in [0.25, 0.3) is 0 Å². The van der Waals surface area contributed by atoms with E-state index in [9.17, 15) is 13.2 Å². The maximum atomic E-state index is 12.3. The zero-order valence-electron chi connectivity index (χ0n) is 16.9. The van der Waals surface area contributed by atoms with Gasteiger partial charge in [-0.25, -0.2) is 8.42 Å². The molecule has 1 amide bonds. The lowest BCUT2D eigenvalue weighted by Crippen LogP contribution is -2.38. The van der Waals surface area contributed by atoms with E-state index in [0.717, 1.165) is 26.1 Å². The van der Waals surface area contributed by atoms with E-state index in [1.807, 2.05) is 30.0 Å². The Kier molecular flexibility index (Phi) is 8.76. The number of benzene rings is 1. The molecular formula is C20H32N4O3S. The number of amides is 1. The van der Waals surface area contributed by atoms with Crippen molar-refractivity contribution in [1.82, 2.24) is 15.5 Å². The van der Waals surface area contributed by atoms with Crippen LogP contribution in [0.3, 0.4) is 0 Å². The summed E-state index contributed by atoms with van der Waals surface area (Å²) in [4.78, 5) is 18.8. The second kappa shape index (κ2) is 11.0. The maximum Gasteiger partial charge on any atom is 0.223 e. The summed E-state index contributed by atoms with van der Waals surface area (Å²) in [6.07, 6.45) is 3.18. The summed E-state index contributed by atoms with van der Waals surface area (Å²) in [7, 11) is -2.94. The first-order valence-corrected chi connectivity index (χ1v) is 11.9. The van der Waals surface area contributed by atoms with Crippen molar-refractivity contribution in [1.29, 1.82) is 0 Å². The Labute approximate surface area is 168 Å². The van der Waals surface area contributed by atoms with E-state index in [-0.39, 0.29) is 17.6 Å². The summed E-state index contributed by atoms with van der Waals surface area (Å²) in [6.45, 7) is 5.32. The fourth-order valence-electron chi connectivity index (χ4n) is 3.20. The fourth-order valence-corrected chi connectivity index (χ4v) is 3.87. The number of carbonyl (C=O) groups excluding carboxylic acids is 1. The molecule has 0 spiro atoms. The van der Waals surface area contributed by atoms with Crippen molar-refractivity contribution in [2.75, 3.05) is 44.7 Å². The van der Waals surface area contributed by atoms with Crippen molar-refractivity contribution in [2.45, 2.75) is 26.2 Å². The third kappa shape index (κ3) is 8.29. The largest absolute Gasteiger partial charge is 0.357 e. The Bertz CT molecular complexity index is 750. The predicted octanol–water partition coefficient (Wildman–Crippen LogP) is 1.07. The van der Waals surface area contributed by atoms with Gasteiger partial charge in [0, 0.05) is 51.3 Å². The third-order valence-electron chi connectivity index (χ3n) is 4.64. The van der Waals surface area contributed by atoms with Crippen molar-refractivity contribution in [3.8, 4) is 0 Å². The van der Waals surface area contributed by atoms with Gasteiger partial charge >= 0.3 is 0 Å². The van der Waals surface area contributed by atoms with Crippen molar-refractivity contribution in [2.24, 2.45) is 10.9 Å². The molecule has 1 fully saturated rings. The minimum Gasteiger partial charge on any atom is -0.357 e. The molecule has 7 nitrogen and oxygen atoms in total. The summed E-state index contributed by atoms with van der Waals surface area (Å²) in [5.74, 6) is 1.25. The molecule has 1 aliphatic heterocycles. The topological polar surface area (TPSA) is 90.9 Å². The maximum absolute atomic E-state index is 12.3. The minimum atomic E-state index is -2.94. The van der Waals surface area contributed by atoms with E-state index >= 15 is 0 Å². The van der Waals surface area contributed by atoms with Gasteiger partial charge in [0.25, 0.3) is 0 Å². The van der Waals surface area contributed by atoms with Gasteiger partial charge in [-0.15, -0.1) is 0 Å². The summed E-state index contributed by atoms with van der Waals surface area (Å²) in [5, 5.41) is 6.33. The minimum absolute atomic E-state index is 0.160. The van der Waals surface area contributed by atoms with Crippen LogP contribution in [0.15, 0.2) is 35.3 Å². The molecule has 0 aliphatic carbocycles. The molecule has 0 saturated carbocycles.